The summed E-state index contributed by atoms with van der Waals surface area (Å²) in [6.45, 7) is 2.49. The minimum atomic E-state index is 0.297. The molecule has 98 valence electrons. The molecule has 0 saturated heterocycles. The molecule has 0 aliphatic carbocycles. The van der Waals surface area contributed by atoms with E-state index in [0.717, 1.165) is 22.3 Å². The van der Waals surface area contributed by atoms with Crippen LogP contribution in [-0.4, -0.2) is 19.5 Å². The van der Waals surface area contributed by atoms with Crippen LogP contribution < -0.4 is 0 Å². The molecule has 2 aromatic heterocycles. The number of imidazole rings is 1. The molecular formula is C14H10ClN5. The van der Waals surface area contributed by atoms with Gasteiger partial charge in [0.25, 0.3) is 0 Å². The summed E-state index contributed by atoms with van der Waals surface area (Å²) < 4.78 is 1.87. The second kappa shape index (κ2) is 4.91. The standard InChI is InChI=1S/C14H10ClN5/c1-9-2-3-12-13(4-9)20(14(15)19-12)8-11-7-17-10(5-16)6-18-11/h2-4,6-7H,8H2,1H3. The first-order chi connectivity index (χ1) is 9.67. The minimum Gasteiger partial charge on any atom is -0.309 e. The highest BCUT2D eigenvalue weighted by Gasteiger charge is 2.10. The van der Waals surface area contributed by atoms with Gasteiger partial charge in [-0.15, -0.1) is 0 Å². The first-order valence-corrected chi connectivity index (χ1v) is 6.38. The van der Waals surface area contributed by atoms with E-state index in [1.165, 1.54) is 6.20 Å². The maximum Gasteiger partial charge on any atom is 0.204 e. The summed E-state index contributed by atoms with van der Waals surface area (Å²) in [6, 6.07) is 7.92. The van der Waals surface area contributed by atoms with E-state index < -0.39 is 0 Å². The number of benzene rings is 1. The van der Waals surface area contributed by atoms with Gasteiger partial charge in [-0.3, -0.25) is 4.98 Å². The van der Waals surface area contributed by atoms with Crippen molar-refractivity contribution in [1.82, 2.24) is 19.5 Å². The smallest absolute Gasteiger partial charge is 0.204 e. The normalized spacial score (nSPS) is 10.7. The summed E-state index contributed by atoms with van der Waals surface area (Å²) in [4.78, 5) is 12.5. The second-order valence-electron chi connectivity index (χ2n) is 4.46. The fourth-order valence-corrected chi connectivity index (χ4v) is 2.25. The number of nitrogens with zero attached hydrogens (tertiary/aromatic N) is 5. The molecule has 6 heteroatoms. The van der Waals surface area contributed by atoms with E-state index in [9.17, 15) is 0 Å². The Morgan fingerprint density at radius 2 is 2.15 bits per heavy atom. The number of aromatic nitrogens is 4. The van der Waals surface area contributed by atoms with Crippen molar-refractivity contribution in [3.63, 3.8) is 0 Å². The van der Waals surface area contributed by atoms with Crippen molar-refractivity contribution in [2.45, 2.75) is 13.5 Å². The summed E-state index contributed by atoms with van der Waals surface area (Å²) in [5.41, 5.74) is 3.97. The van der Waals surface area contributed by atoms with Gasteiger partial charge in [-0.2, -0.15) is 5.26 Å². The number of hydrogen-bond donors (Lipinski definition) is 0. The Morgan fingerprint density at radius 1 is 1.30 bits per heavy atom. The minimum absolute atomic E-state index is 0.297. The average Bonchev–Trinajstić information content (AvgIpc) is 2.76. The highest BCUT2D eigenvalue weighted by molar-refractivity contribution is 6.29. The quantitative estimate of drug-likeness (QED) is 0.725. The van der Waals surface area contributed by atoms with Gasteiger partial charge in [0, 0.05) is 0 Å². The number of nitriles is 1. The number of aryl methyl sites for hydroxylation is 1. The Kier molecular flexibility index (Phi) is 3.09. The molecule has 1 aromatic carbocycles. The topological polar surface area (TPSA) is 67.4 Å². The number of halogens is 1. The summed E-state index contributed by atoms with van der Waals surface area (Å²) in [5.74, 6) is 0. The molecule has 2 heterocycles. The van der Waals surface area contributed by atoms with E-state index in [2.05, 4.69) is 15.0 Å². The summed E-state index contributed by atoms with van der Waals surface area (Å²) in [6.07, 6.45) is 3.03. The molecule has 3 aromatic rings. The van der Waals surface area contributed by atoms with Crippen molar-refractivity contribution >= 4 is 22.6 Å². The first-order valence-electron chi connectivity index (χ1n) is 6.01. The Morgan fingerprint density at radius 3 is 2.85 bits per heavy atom. The zero-order valence-corrected chi connectivity index (χ0v) is 11.5. The van der Waals surface area contributed by atoms with E-state index in [1.807, 2.05) is 35.8 Å². The van der Waals surface area contributed by atoms with E-state index in [1.54, 1.807) is 6.20 Å². The van der Waals surface area contributed by atoms with Crippen LogP contribution in [0.3, 0.4) is 0 Å². The molecule has 0 atom stereocenters. The van der Waals surface area contributed by atoms with Crippen LogP contribution in [0.4, 0.5) is 0 Å². The van der Waals surface area contributed by atoms with Gasteiger partial charge >= 0.3 is 0 Å². The summed E-state index contributed by atoms with van der Waals surface area (Å²) in [7, 11) is 0. The predicted molar refractivity (Wildman–Crippen MR) is 75.3 cm³/mol. The zero-order valence-electron chi connectivity index (χ0n) is 10.7. The number of hydrogen-bond acceptors (Lipinski definition) is 4. The van der Waals surface area contributed by atoms with Crippen LogP contribution in [0.1, 0.15) is 17.0 Å². The largest absolute Gasteiger partial charge is 0.309 e. The van der Waals surface area contributed by atoms with Gasteiger partial charge in [-0.05, 0) is 36.2 Å². The maximum atomic E-state index is 8.71. The van der Waals surface area contributed by atoms with Crippen LogP contribution >= 0.6 is 11.6 Å². The van der Waals surface area contributed by atoms with Crippen LogP contribution in [0.5, 0.6) is 0 Å². The molecule has 0 amide bonds. The zero-order chi connectivity index (χ0) is 14.1. The fourth-order valence-electron chi connectivity index (χ4n) is 2.01. The molecule has 20 heavy (non-hydrogen) atoms. The lowest BCUT2D eigenvalue weighted by Crippen LogP contribution is -2.03. The van der Waals surface area contributed by atoms with Gasteiger partial charge in [-0.25, -0.2) is 9.97 Å². The van der Waals surface area contributed by atoms with Crippen LogP contribution in [0.15, 0.2) is 30.6 Å². The maximum absolute atomic E-state index is 8.71. The summed E-state index contributed by atoms with van der Waals surface area (Å²) in [5, 5.41) is 9.13. The molecule has 0 fully saturated rings. The van der Waals surface area contributed by atoms with Crippen molar-refractivity contribution in [3.8, 4) is 6.07 Å². The lowest BCUT2D eigenvalue weighted by atomic mass is 10.2. The van der Waals surface area contributed by atoms with Crippen molar-refractivity contribution < 1.29 is 0 Å². The highest BCUT2D eigenvalue weighted by atomic mass is 35.5. The van der Waals surface area contributed by atoms with Crippen LogP contribution in [0, 0.1) is 18.3 Å². The Balaban J connectivity index is 2.03. The van der Waals surface area contributed by atoms with Gasteiger partial charge < -0.3 is 4.57 Å². The third-order valence-corrected chi connectivity index (χ3v) is 3.29. The van der Waals surface area contributed by atoms with Crippen LogP contribution in [0.2, 0.25) is 5.28 Å². The van der Waals surface area contributed by atoms with Gasteiger partial charge in [0.1, 0.15) is 6.07 Å². The van der Waals surface area contributed by atoms with Gasteiger partial charge in [0.15, 0.2) is 5.69 Å². The molecule has 0 radical (unpaired) electrons. The van der Waals surface area contributed by atoms with Crippen molar-refractivity contribution in [2.75, 3.05) is 0 Å². The third kappa shape index (κ3) is 2.22. The van der Waals surface area contributed by atoms with Crippen molar-refractivity contribution in [2.24, 2.45) is 0 Å². The highest BCUT2D eigenvalue weighted by Crippen LogP contribution is 2.21. The predicted octanol–water partition coefficient (Wildman–Crippen LogP) is 2.71. The fraction of sp³-hybridized carbons (Fsp3) is 0.143. The Labute approximate surface area is 120 Å². The third-order valence-electron chi connectivity index (χ3n) is 3.00. The molecule has 0 spiro atoms. The second-order valence-corrected chi connectivity index (χ2v) is 4.80. The van der Waals surface area contributed by atoms with Crippen molar-refractivity contribution in [3.05, 3.63) is 52.8 Å². The molecule has 0 N–H and O–H groups in total. The van der Waals surface area contributed by atoms with E-state index in [0.29, 0.717) is 17.5 Å². The SMILES string of the molecule is Cc1ccc2nc(Cl)n(Cc3cnc(C#N)cn3)c2c1. The number of rotatable bonds is 2. The summed E-state index contributed by atoms with van der Waals surface area (Å²) >= 11 is 6.18. The Bertz CT molecular complexity index is 814. The van der Waals surface area contributed by atoms with E-state index in [-0.39, 0.29) is 0 Å². The molecule has 3 rings (SSSR count). The molecule has 0 bridgehead atoms. The van der Waals surface area contributed by atoms with E-state index >= 15 is 0 Å². The van der Waals surface area contributed by atoms with Gasteiger partial charge in [-0.1, -0.05) is 6.07 Å². The monoisotopic (exact) mass is 283 g/mol. The lowest BCUT2D eigenvalue weighted by Gasteiger charge is -2.05. The average molecular weight is 284 g/mol. The molecule has 0 saturated carbocycles. The number of fused-ring (bicyclic) bond motifs is 1. The van der Waals surface area contributed by atoms with Crippen LogP contribution in [0.25, 0.3) is 11.0 Å². The van der Waals surface area contributed by atoms with Crippen molar-refractivity contribution in [1.29, 1.82) is 5.26 Å². The van der Waals surface area contributed by atoms with E-state index in [4.69, 9.17) is 16.9 Å². The first kappa shape index (κ1) is 12.6. The van der Waals surface area contributed by atoms with Gasteiger partial charge in [0.05, 0.1) is 35.7 Å². The Hall–Kier alpha value is -2.45. The lowest BCUT2D eigenvalue weighted by molar-refractivity contribution is 0.790. The molecule has 5 nitrogen and oxygen atoms in total. The van der Waals surface area contributed by atoms with Gasteiger partial charge in [0.2, 0.25) is 5.28 Å². The molecule has 0 aliphatic heterocycles. The molecular weight excluding hydrogens is 274 g/mol. The molecule has 0 unspecified atom stereocenters. The van der Waals surface area contributed by atoms with Crippen LogP contribution in [-0.2, 0) is 6.54 Å². The molecule has 0 aliphatic rings.